The molecule has 2 N–H and O–H groups in total. The number of anilines is 1. The molecule has 0 bridgehead atoms. The Morgan fingerprint density at radius 2 is 1.92 bits per heavy atom. The van der Waals surface area contributed by atoms with Crippen molar-refractivity contribution in [1.82, 2.24) is 4.72 Å². The van der Waals surface area contributed by atoms with Crippen LogP contribution in [-0.4, -0.2) is 28.0 Å². The first-order chi connectivity index (χ1) is 11.7. The van der Waals surface area contributed by atoms with Crippen LogP contribution in [0.5, 0.6) is 5.75 Å². The van der Waals surface area contributed by atoms with Gasteiger partial charge in [-0.15, -0.1) is 0 Å². The van der Waals surface area contributed by atoms with E-state index in [0.29, 0.717) is 11.4 Å². The van der Waals surface area contributed by atoms with Crippen molar-refractivity contribution in [2.24, 2.45) is 0 Å². The number of amides is 1. The van der Waals surface area contributed by atoms with Crippen molar-refractivity contribution in [3.63, 3.8) is 0 Å². The monoisotopic (exact) mass is 382 g/mol. The Morgan fingerprint density at radius 3 is 2.56 bits per heavy atom. The van der Waals surface area contributed by atoms with Crippen molar-refractivity contribution in [3.05, 3.63) is 52.5 Å². The number of rotatable bonds is 6. The van der Waals surface area contributed by atoms with E-state index in [1.54, 1.807) is 6.07 Å². The van der Waals surface area contributed by atoms with Gasteiger partial charge >= 0.3 is 0 Å². The zero-order chi connectivity index (χ0) is 18.6. The topological polar surface area (TPSA) is 84.5 Å². The number of hydrogen-bond donors (Lipinski definition) is 2. The number of carbonyl (C=O) groups is 1. The van der Waals surface area contributed by atoms with E-state index in [1.165, 1.54) is 25.3 Å². The summed E-state index contributed by atoms with van der Waals surface area (Å²) < 4.78 is 31.8. The molecule has 0 unspecified atom stereocenters. The molecule has 2 aromatic carbocycles. The summed E-state index contributed by atoms with van der Waals surface area (Å²) in [5.74, 6) is -0.0924. The van der Waals surface area contributed by atoms with Crippen LogP contribution < -0.4 is 14.8 Å². The van der Waals surface area contributed by atoms with Gasteiger partial charge in [-0.25, -0.2) is 13.1 Å². The molecule has 0 spiro atoms. The molecule has 25 heavy (non-hydrogen) atoms. The van der Waals surface area contributed by atoms with Gasteiger partial charge in [0.15, 0.2) is 0 Å². The van der Waals surface area contributed by atoms with E-state index in [9.17, 15) is 13.2 Å². The maximum atomic E-state index is 12.3. The Hall–Kier alpha value is -2.09. The number of hydrogen-bond acceptors (Lipinski definition) is 4. The highest BCUT2D eigenvalue weighted by Gasteiger charge is 2.17. The molecule has 8 heteroatoms. The van der Waals surface area contributed by atoms with Gasteiger partial charge in [0.05, 0.1) is 23.6 Å². The Bertz CT molecular complexity index is 898. The maximum Gasteiger partial charge on any atom is 0.241 e. The van der Waals surface area contributed by atoms with E-state index < -0.39 is 15.9 Å². The van der Waals surface area contributed by atoms with Gasteiger partial charge in [0.1, 0.15) is 5.75 Å². The number of sulfonamides is 1. The Kier molecular flexibility index (Phi) is 6.05. The zero-order valence-electron chi connectivity index (χ0n) is 14.1. The molecule has 0 radical (unpaired) electrons. The largest absolute Gasteiger partial charge is 0.495 e. The number of aryl methyl sites for hydroxylation is 1. The van der Waals surface area contributed by atoms with Gasteiger partial charge in [0, 0.05) is 5.69 Å². The van der Waals surface area contributed by atoms with Crippen LogP contribution in [0.4, 0.5) is 5.69 Å². The smallest absolute Gasteiger partial charge is 0.241 e. The van der Waals surface area contributed by atoms with Crippen LogP contribution in [0.1, 0.15) is 11.1 Å². The fourth-order valence-electron chi connectivity index (χ4n) is 2.14. The summed E-state index contributed by atoms with van der Waals surface area (Å²) in [6, 6.07) is 9.59. The minimum Gasteiger partial charge on any atom is -0.495 e. The second-order valence-corrected chi connectivity index (χ2v) is 7.59. The fraction of sp³-hybridized carbons (Fsp3) is 0.235. The Morgan fingerprint density at radius 1 is 1.20 bits per heavy atom. The van der Waals surface area contributed by atoms with Crippen LogP contribution in [-0.2, 0) is 14.8 Å². The molecular formula is C17H19ClN2O4S. The summed E-state index contributed by atoms with van der Waals surface area (Å²) in [5, 5.41) is 2.86. The van der Waals surface area contributed by atoms with E-state index in [2.05, 4.69) is 10.0 Å². The molecule has 0 aliphatic carbocycles. The average molecular weight is 383 g/mol. The summed E-state index contributed by atoms with van der Waals surface area (Å²) in [5.41, 5.74) is 2.61. The van der Waals surface area contributed by atoms with Gasteiger partial charge in [0.2, 0.25) is 15.9 Å². The van der Waals surface area contributed by atoms with Crippen molar-refractivity contribution < 1.29 is 17.9 Å². The van der Waals surface area contributed by atoms with E-state index in [4.69, 9.17) is 16.3 Å². The van der Waals surface area contributed by atoms with Crippen molar-refractivity contribution >= 4 is 33.2 Å². The normalized spacial score (nSPS) is 11.2. The quantitative estimate of drug-likeness (QED) is 0.804. The van der Waals surface area contributed by atoms with E-state index in [1.807, 2.05) is 26.0 Å². The number of nitrogens with one attached hydrogen (secondary N) is 2. The Balaban J connectivity index is 2.05. The standard InChI is InChI=1S/C17H19ClN2O4S/c1-11-5-4-6-15(12(11)2)20-17(21)10-19-25(22,23)13-7-8-16(24-3)14(18)9-13/h4-9,19H,10H2,1-3H3,(H,20,21). The minimum absolute atomic E-state index is 0.0437. The molecule has 134 valence electrons. The lowest BCUT2D eigenvalue weighted by atomic mass is 10.1. The van der Waals surface area contributed by atoms with Crippen LogP contribution in [0.2, 0.25) is 5.02 Å². The van der Waals surface area contributed by atoms with E-state index >= 15 is 0 Å². The van der Waals surface area contributed by atoms with Crippen molar-refractivity contribution in [2.45, 2.75) is 18.7 Å². The van der Waals surface area contributed by atoms with E-state index in [-0.39, 0.29) is 16.5 Å². The molecule has 0 aliphatic rings. The second kappa shape index (κ2) is 7.86. The van der Waals surface area contributed by atoms with Crippen LogP contribution in [0.15, 0.2) is 41.3 Å². The third-order valence-corrected chi connectivity index (χ3v) is 5.43. The molecule has 0 heterocycles. The van der Waals surface area contributed by atoms with Gasteiger partial charge in [-0.2, -0.15) is 0 Å². The molecule has 6 nitrogen and oxygen atoms in total. The molecule has 1 amide bonds. The molecule has 0 aromatic heterocycles. The first kappa shape index (κ1) is 19.2. The summed E-state index contributed by atoms with van der Waals surface area (Å²) in [4.78, 5) is 12.0. The van der Waals surface area contributed by atoms with Crippen LogP contribution in [0.3, 0.4) is 0 Å². The maximum absolute atomic E-state index is 12.3. The van der Waals surface area contributed by atoms with Crippen molar-refractivity contribution in [3.8, 4) is 5.75 Å². The minimum atomic E-state index is -3.86. The van der Waals surface area contributed by atoms with E-state index in [0.717, 1.165) is 11.1 Å². The lowest BCUT2D eigenvalue weighted by Crippen LogP contribution is -2.33. The number of benzene rings is 2. The number of carbonyl (C=O) groups excluding carboxylic acids is 1. The predicted molar refractivity (Wildman–Crippen MR) is 97.7 cm³/mol. The summed E-state index contributed by atoms with van der Waals surface area (Å²) in [7, 11) is -2.43. The zero-order valence-corrected chi connectivity index (χ0v) is 15.7. The molecule has 2 rings (SSSR count). The molecule has 0 aliphatic heterocycles. The molecule has 0 saturated carbocycles. The molecular weight excluding hydrogens is 364 g/mol. The Labute approximate surface area is 152 Å². The predicted octanol–water partition coefficient (Wildman–Crippen LogP) is 2.88. The first-order valence-electron chi connectivity index (χ1n) is 7.44. The third-order valence-electron chi connectivity index (χ3n) is 3.74. The van der Waals surface area contributed by atoms with Crippen molar-refractivity contribution in [1.29, 1.82) is 0 Å². The summed E-state index contributed by atoms with van der Waals surface area (Å²) in [6.45, 7) is 3.43. The van der Waals surface area contributed by atoms with Crippen LogP contribution >= 0.6 is 11.6 Å². The summed E-state index contributed by atoms with van der Waals surface area (Å²) >= 11 is 5.94. The summed E-state index contributed by atoms with van der Waals surface area (Å²) in [6.07, 6.45) is 0. The second-order valence-electron chi connectivity index (χ2n) is 5.42. The SMILES string of the molecule is COc1ccc(S(=O)(=O)NCC(=O)Nc2cccc(C)c2C)cc1Cl. The highest BCUT2D eigenvalue weighted by Crippen LogP contribution is 2.26. The third kappa shape index (κ3) is 4.72. The van der Waals surface area contributed by atoms with Gasteiger partial charge < -0.3 is 10.1 Å². The number of ether oxygens (including phenoxy) is 1. The highest BCUT2D eigenvalue weighted by atomic mass is 35.5. The van der Waals surface area contributed by atoms with Gasteiger partial charge in [-0.3, -0.25) is 4.79 Å². The molecule has 0 atom stereocenters. The fourth-order valence-corrected chi connectivity index (χ4v) is 3.47. The highest BCUT2D eigenvalue weighted by molar-refractivity contribution is 7.89. The van der Waals surface area contributed by atoms with Gasteiger partial charge in [0.25, 0.3) is 0 Å². The van der Waals surface area contributed by atoms with Crippen LogP contribution in [0.25, 0.3) is 0 Å². The molecule has 0 saturated heterocycles. The average Bonchev–Trinajstić information content (AvgIpc) is 2.57. The number of methoxy groups -OCH3 is 1. The lowest BCUT2D eigenvalue weighted by Gasteiger charge is -2.11. The number of halogens is 1. The molecule has 0 fully saturated rings. The molecule has 2 aromatic rings. The lowest BCUT2D eigenvalue weighted by molar-refractivity contribution is -0.115. The van der Waals surface area contributed by atoms with Crippen molar-refractivity contribution in [2.75, 3.05) is 19.0 Å². The first-order valence-corrected chi connectivity index (χ1v) is 9.30. The van der Waals surface area contributed by atoms with Crippen LogP contribution in [0, 0.1) is 13.8 Å². The van der Waals surface area contributed by atoms with Gasteiger partial charge in [-0.1, -0.05) is 23.7 Å². The van der Waals surface area contributed by atoms with Gasteiger partial charge in [-0.05, 0) is 49.2 Å².